The molecule has 0 spiro atoms. The minimum absolute atomic E-state index is 0.00429. The van der Waals surface area contributed by atoms with Crippen LogP contribution in [0.2, 0.25) is 5.02 Å². The van der Waals surface area contributed by atoms with Crippen molar-refractivity contribution in [1.29, 1.82) is 0 Å². The normalized spacial score (nSPS) is 14.4. The Balaban J connectivity index is 1.02. The van der Waals surface area contributed by atoms with Gasteiger partial charge in [0.05, 0.1) is 11.1 Å². The van der Waals surface area contributed by atoms with Gasteiger partial charge in [0, 0.05) is 41.3 Å². The second-order valence-electron chi connectivity index (χ2n) is 13.8. The summed E-state index contributed by atoms with van der Waals surface area (Å²) in [4.78, 5) is 62.1. The second-order valence-corrected chi connectivity index (χ2v) is 14.2. The molecule has 0 unspecified atom stereocenters. The van der Waals surface area contributed by atoms with E-state index in [9.17, 15) is 32.3 Å². The first kappa shape index (κ1) is 38.0. The Labute approximate surface area is 312 Å². The van der Waals surface area contributed by atoms with E-state index in [0.29, 0.717) is 33.0 Å². The van der Waals surface area contributed by atoms with Crippen LogP contribution in [0.4, 0.5) is 30.8 Å². The smallest absolute Gasteiger partial charge is 0.422 e. The van der Waals surface area contributed by atoms with Crippen LogP contribution in [0.1, 0.15) is 64.1 Å². The molecule has 1 aliphatic carbocycles. The number of nitrogens with zero attached hydrogens (tertiary/aromatic N) is 3. The highest BCUT2D eigenvalue weighted by Crippen LogP contribution is 2.48. The molecule has 2 aliphatic rings. The van der Waals surface area contributed by atoms with E-state index in [2.05, 4.69) is 36.2 Å². The summed E-state index contributed by atoms with van der Waals surface area (Å²) in [7, 11) is 0. The molecule has 17 heteroatoms. The van der Waals surface area contributed by atoms with Gasteiger partial charge < -0.3 is 30.7 Å². The molecule has 2 amide bonds. The highest BCUT2D eigenvalue weighted by molar-refractivity contribution is 6.36. The molecule has 282 valence electrons. The standard InChI is InChI=1S/C37H35ClF3N7O6/c1-35(2,19-43-30(51)28(49)16-21-3-12-27-23(15-21)17-53-31(27)52)18-42-29(50)22-4-10-26(11-5-22)44-32-45-33(47-34(46-32)54-20-37(39,40)41)48-36(13-14-36)24-6-8-25(38)9-7-24/h3-12,15H,13-14,16-20H2,1-2H3,(H,42,50)(H,43,51)(H2,44,45,46,47,48). The number of halogens is 4. The van der Waals surface area contributed by atoms with Gasteiger partial charge in [0.1, 0.15) is 6.61 Å². The van der Waals surface area contributed by atoms with Crippen molar-refractivity contribution >= 4 is 52.8 Å². The first-order valence-corrected chi connectivity index (χ1v) is 17.2. The number of fused-ring (bicyclic) bond motifs is 1. The fraction of sp³-hybridized carbons (Fsp3) is 0.324. The first-order chi connectivity index (χ1) is 25.6. The van der Waals surface area contributed by atoms with E-state index in [1.165, 1.54) is 12.1 Å². The van der Waals surface area contributed by atoms with Crippen molar-refractivity contribution in [3.05, 3.63) is 99.6 Å². The molecular formula is C37H35ClF3N7O6. The van der Waals surface area contributed by atoms with E-state index in [4.69, 9.17) is 21.1 Å². The minimum Gasteiger partial charge on any atom is -0.457 e. The van der Waals surface area contributed by atoms with Crippen LogP contribution in [-0.2, 0) is 32.9 Å². The predicted molar refractivity (Wildman–Crippen MR) is 190 cm³/mol. The lowest BCUT2D eigenvalue weighted by atomic mass is 9.93. The summed E-state index contributed by atoms with van der Waals surface area (Å²) in [5, 5.41) is 12.1. The highest BCUT2D eigenvalue weighted by atomic mass is 35.5. The molecule has 1 aliphatic heterocycles. The van der Waals surface area contributed by atoms with Crippen molar-refractivity contribution in [3.63, 3.8) is 0 Å². The molecule has 6 rings (SSSR count). The van der Waals surface area contributed by atoms with E-state index in [-0.39, 0.29) is 38.0 Å². The van der Waals surface area contributed by atoms with Gasteiger partial charge in [0.25, 0.3) is 11.8 Å². The van der Waals surface area contributed by atoms with Gasteiger partial charge in [-0.15, -0.1) is 0 Å². The lowest BCUT2D eigenvalue weighted by Gasteiger charge is -2.25. The van der Waals surface area contributed by atoms with Gasteiger partial charge in [-0.3, -0.25) is 14.4 Å². The molecule has 0 bridgehead atoms. The molecule has 54 heavy (non-hydrogen) atoms. The van der Waals surface area contributed by atoms with Crippen LogP contribution in [0, 0.1) is 5.41 Å². The zero-order valence-electron chi connectivity index (χ0n) is 29.1. The van der Waals surface area contributed by atoms with Crippen LogP contribution in [0.25, 0.3) is 0 Å². The molecule has 4 aromatic rings. The SMILES string of the molecule is CC(C)(CNC(=O)C(=O)Cc1ccc2c(c1)COC2=O)CNC(=O)c1ccc(Nc2nc(NC3(c4ccc(Cl)cc4)CC3)nc(OCC(F)(F)F)n2)cc1. The number of esters is 1. The number of rotatable bonds is 15. The van der Waals surface area contributed by atoms with Crippen LogP contribution in [0.5, 0.6) is 6.01 Å². The number of ketones is 1. The zero-order chi connectivity index (χ0) is 38.7. The number of alkyl halides is 3. The van der Waals surface area contributed by atoms with Gasteiger partial charge in [-0.2, -0.15) is 28.1 Å². The monoisotopic (exact) mass is 765 g/mol. The summed E-state index contributed by atoms with van der Waals surface area (Å²) >= 11 is 6.03. The maximum Gasteiger partial charge on any atom is 0.422 e. The number of nitrogens with one attached hydrogen (secondary N) is 4. The van der Waals surface area contributed by atoms with Gasteiger partial charge in [-0.05, 0) is 71.8 Å². The maximum absolute atomic E-state index is 13.0. The van der Waals surface area contributed by atoms with Gasteiger partial charge >= 0.3 is 18.2 Å². The predicted octanol–water partition coefficient (Wildman–Crippen LogP) is 5.67. The van der Waals surface area contributed by atoms with Crippen molar-refractivity contribution in [2.75, 3.05) is 30.3 Å². The maximum atomic E-state index is 13.0. The molecule has 1 fully saturated rings. The zero-order valence-corrected chi connectivity index (χ0v) is 29.9. The van der Waals surface area contributed by atoms with E-state index in [1.54, 1.807) is 42.5 Å². The number of benzene rings is 3. The number of cyclic esters (lactones) is 1. The van der Waals surface area contributed by atoms with E-state index >= 15 is 0 Å². The number of hydrogen-bond acceptors (Lipinski definition) is 11. The average Bonchev–Trinajstić information content (AvgIpc) is 3.82. The summed E-state index contributed by atoms with van der Waals surface area (Å²) in [6.45, 7) is 2.43. The van der Waals surface area contributed by atoms with Crippen molar-refractivity contribution in [2.24, 2.45) is 5.41 Å². The minimum atomic E-state index is -4.61. The Morgan fingerprint density at radius 1 is 0.907 bits per heavy atom. The highest BCUT2D eigenvalue weighted by Gasteiger charge is 2.45. The number of ether oxygens (including phenoxy) is 2. The Hall–Kier alpha value is -5.77. The summed E-state index contributed by atoms with van der Waals surface area (Å²) in [5.41, 5.74) is 2.20. The largest absolute Gasteiger partial charge is 0.457 e. The van der Waals surface area contributed by atoms with Crippen LogP contribution in [-0.4, -0.2) is 64.4 Å². The Bertz CT molecular complexity index is 2070. The summed E-state index contributed by atoms with van der Waals surface area (Å²) in [6.07, 6.45) is -3.29. The van der Waals surface area contributed by atoms with E-state index in [0.717, 1.165) is 18.4 Å². The van der Waals surface area contributed by atoms with Crippen molar-refractivity contribution in [2.45, 2.75) is 51.4 Å². The fourth-order valence-corrected chi connectivity index (χ4v) is 5.70. The van der Waals surface area contributed by atoms with Gasteiger partial charge in [0.15, 0.2) is 6.61 Å². The Morgan fingerprint density at radius 2 is 1.59 bits per heavy atom. The van der Waals surface area contributed by atoms with E-state index in [1.807, 2.05) is 26.0 Å². The molecule has 1 saturated carbocycles. The average molecular weight is 766 g/mol. The molecule has 13 nitrogen and oxygen atoms in total. The molecule has 3 aromatic carbocycles. The molecule has 0 radical (unpaired) electrons. The molecule has 4 N–H and O–H groups in total. The third-order valence-corrected chi connectivity index (χ3v) is 8.95. The van der Waals surface area contributed by atoms with Crippen LogP contribution >= 0.6 is 11.6 Å². The molecule has 1 aromatic heterocycles. The lowest BCUT2D eigenvalue weighted by Crippen LogP contribution is -2.44. The third kappa shape index (κ3) is 9.80. The van der Waals surface area contributed by atoms with Crippen LogP contribution < -0.4 is 26.0 Å². The van der Waals surface area contributed by atoms with Crippen LogP contribution in [0.15, 0.2) is 66.7 Å². The number of amides is 2. The number of hydrogen-bond donors (Lipinski definition) is 4. The van der Waals surface area contributed by atoms with Crippen molar-refractivity contribution in [3.8, 4) is 6.01 Å². The summed E-state index contributed by atoms with van der Waals surface area (Å²) < 4.78 is 48.6. The number of aromatic nitrogens is 3. The molecule has 2 heterocycles. The number of Topliss-reactive ketones (excluding diaryl/α,β-unsaturated/α-hetero) is 1. The number of carbonyl (C=O) groups excluding carboxylic acids is 4. The lowest BCUT2D eigenvalue weighted by molar-refractivity contribution is -0.154. The fourth-order valence-electron chi connectivity index (χ4n) is 5.57. The van der Waals surface area contributed by atoms with E-state index < -0.39 is 53.3 Å². The third-order valence-electron chi connectivity index (χ3n) is 8.70. The topological polar surface area (TPSA) is 174 Å². The Morgan fingerprint density at radius 3 is 2.28 bits per heavy atom. The number of anilines is 3. The van der Waals surface area contributed by atoms with Crippen molar-refractivity contribution in [1.82, 2.24) is 25.6 Å². The van der Waals surface area contributed by atoms with Crippen molar-refractivity contribution < 1.29 is 41.8 Å². The summed E-state index contributed by atoms with van der Waals surface area (Å²) in [5.74, 6) is -2.31. The first-order valence-electron chi connectivity index (χ1n) is 16.8. The van der Waals surface area contributed by atoms with Gasteiger partial charge in [-0.25, -0.2) is 4.79 Å². The van der Waals surface area contributed by atoms with Gasteiger partial charge in [0.2, 0.25) is 17.7 Å². The summed E-state index contributed by atoms with van der Waals surface area (Å²) in [6, 6.07) is 17.7. The Kier molecular flexibility index (Phi) is 10.8. The quantitative estimate of drug-likeness (QED) is 0.0868. The molecule has 0 saturated heterocycles. The van der Waals surface area contributed by atoms with Crippen LogP contribution in [0.3, 0.4) is 0 Å². The molecule has 0 atom stereocenters. The van der Waals surface area contributed by atoms with Gasteiger partial charge in [-0.1, -0.05) is 49.7 Å². The second kappa shape index (κ2) is 15.3. The molecular weight excluding hydrogens is 731 g/mol. The number of carbonyl (C=O) groups is 4.